The maximum absolute atomic E-state index is 12.6. The van der Waals surface area contributed by atoms with Crippen molar-refractivity contribution in [3.63, 3.8) is 0 Å². The highest BCUT2D eigenvalue weighted by molar-refractivity contribution is 5.70. The fourth-order valence-electron chi connectivity index (χ4n) is 6.07. The van der Waals surface area contributed by atoms with Gasteiger partial charge in [0.25, 0.3) is 5.56 Å². The van der Waals surface area contributed by atoms with E-state index in [2.05, 4.69) is 77.4 Å². The Labute approximate surface area is 336 Å². The first-order valence-electron chi connectivity index (χ1n) is 21.7. The Morgan fingerprint density at radius 2 is 1.12 bits per heavy atom. The van der Waals surface area contributed by atoms with E-state index in [9.17, 15) is 14.4 Å². The number of imidazole rings is 1. The number of hydrogen-bond donors (Lipinski definition) is 2. The van der Waals surface area contributed by atoms with Crippen molar-refractivity contribution in [2.75, 3.05) is 18.9 Å². The third-order valence-corrected chi connectivity index (χ3v) is 9.47. The lowest BCUT2D eigenvalue weighted by molar-refractivity contribution is -0.157. The second-order valence-electron chi connectivity index (χ2n) is 14.6. The number of nitrogens with two attached hydrogens (primary N) is 1. The van der Waals surface area contributed by atoms with E-state index in [0.29, 0.717) is 12.8 Å². The van der Waals surface area contributed by atoms with Crippen LogP contribution in [0.1, 0.15) is 168 Å². The molecule has 2 aromatic heterocycles. The molecule has 0 unspecified atom stereocenters. The van der Waals surface area contributed by atoms with E-state index in [4.69, 9.17) is 19.9 Å². The molecule has 0 saturated carbocycles. The van der Waals surface area contributed by atoms with Gasteiger partial charge < -0.3 is 19.9 Å². The van der Waals surface area contributed by atoms with E-state index < -0.39 is 11.7 Å². The van der Waals surface area contributed by atoms with Crippen LogP contribution in [0.4, 0.5) is 5.95 Å². The van der Waals surface area contributed by atoms with Crippen LogP contribution in [0, 0.1) is 0 Å². The van der Waals surface area contributed by atoms with Gasteiger partial charge in [0.05, 0.1) is 6.33 Å². The Morgan fingerprint density at radius 3 is 1.61 bits per heavy atom. The number of nitrogens with zero attached hydrogens (tertiary/aromatic N) is 3. The highest BCUT2D eigenvalue weighted by Gasteiger charge is 2.18. The van der Waals surface area contributed by atoms with Gasteiger partial charge in [0.1, 0.15) is 26.0 Å². The number of allylic oxidation sites excluding steroid dienone is 8. The Balaban J connectivity index is 1.66. The first kappa shape index (κ1) is 48.2. The summed E-state index contributed by atoms with van der Waals surface area (Å²) < 4.78 is 18.6. The number of aromatic amines is 1. The number of ether oxygens (including phenoxy) is 3. The molecular weight excluding hydrogens is 707 g/mol. The van der Waals surface area contributed by atoms with Gasteiger partial charge in [-0.15, -0.1) is 0 Å². The molecule has 0 aromatic carbocycles. The van der Waals surface area contributed by atoms with Gasteiger partial charge in [-0.2, -0.15) is 4.98 Å². The molecule has 56 heavy (non-hydrogen) atoms. The van der Waals surface area contributed by atoms with E-state index in [1.165, 1.54) is 62.3 Å². The van der Waals surface area contributed by atoms with Crippen LogP contribution in [0.2, 0.25) is 0 Å². The van der Waals surface area contributed by atoms with Crippen molar-refractivity contribution < 1.29 is 23.8 Å². The minimum absolute atomic E-state index is 0.0368. The van der Waals surface area contributed by atoms with Crippen molar-refractivity contribution in [3.8, 4) is 0 Å². The van der Waals surface area contributed by atoms with Crippen LogP contribution < -0.4 is 11.3 Å². The molecule has 0 atom stereocenters. The molecule has 2 rings (SSSR count). The van der Waals surface area contributed by atoms with Gasteiger partial charge >= 0.3 is 11.9 Å². The lowest BCUT2D eigenvalue weighted by atomic mass is 10.1. The fourth-order valence-corrected chi connectivity index (χ4v) is 6.07. The van der Waals surface area contributed by atoms with Crippen LogP contribution in [-0.4, -0.2) is 50.8 Å². The number of rotatable bonds is 35. The number of anilines is 1. The molecule has 0 fully saturated rings. The minimum Gasteiger partial charge on any atom is -0.463 e. The summed E-state index contributed by atoms with van der Waals surface area (Å²) in [6.07, 6.45) is 43.9. The number of H-pyrrole nitrogens is 1. The van der Waals surface area contributed by atoms with Crippen LogP contribution in [0.25, 0.3) is 11.2 Å². The number of nitrogen functional groups attached to an aromatic ring is 1. The van der Waals surface area contributed by atoms with Crippen molar-refractivity contribution in [2.45, 2.75) is 181 Å². The number of fused-ring (bicyclic) bond motifs is 1. The van der Waals surface area contributed by atoms with Crippen LogP contribution in [0.5, 0.6) is 0 Å². The predicted molar refractivity (Wildman–Crippen MR) is 228 cm³/mol. The van der Waals surface area contributed by atoms with Crippen molar-refractivity contribution in [3.05, 3.63) is 65.3 Å². The lowest BCUT2D eigenvalue weighted by Crippen LogP contribution is -2.29. The zero-order valence-electron chi connectivity index (χ0n) is 34.7. The molecule has 0 saturated heterocycles. The maximum atomic E-state index is 12.6. The normalized spacial score (nSPS) is 12.6. The topological polar surface area (TPSA) is 151 Å². The summed E-state index contributed by atoms with van der Waals surface area (Å²) in [7, 11) is 0. The van der Waals surface area contributed by atoms with E-state index in [1.807, 2.05) is 0 Å². The molecule has 0 amide bonds. The van der Waals surface area contributed by atoms with Gasteiger partial charge in [-0.05, 0) is 77.0 Å². The predicted octanol–water partition coefficient (Wildman–Crippen LogP) is 10.8. The van der Waals surface area contributed by atoms with Crippen molar-refractivity contribution in [1.29, 1.82) is 0 Å². The van der Waals surface area contributed by atoms with Crippen LogP contribution in [0.15, 0.2) is 59.7 Å². The average molecular weight is 780 g/mol. The van der Waals surface area contributed by atoms with Gasteiger partial charge in [-0.3, -0.25) is 23.9 Å². The van der Waals surface area contributed by atoms with E-state index >= 15 is 0 Å². The molecule has 314 valence electrons. The molecule has 0 bridgehead atoms. The molecular formula is C45H73N5O6. The SMILES string of the molecule is CCCCCC=CCC=CCCCCCCCC(=O)OCC(COC(=O)CCCCCCCC=CCC=CCCCCC)OCn1cnc2c(=O)[nH]c(N)nc21. The molecule has 11 heteroatoms. The van der Waals surface area contributed by atoms with Crippen molar-refractivity contribution in [1.82, 2.24) is 19.5 Å². The summed E-state index contributed by atoms with van der Waals surface area (Å²) >= 11 is 0. The standard InChI is InChI=1S/C45H73N5O6/c1-3-5-7-9-11-13-15-17-19-21-23-25-27-29-31-33-40(51)54-35-39(56-38-50-37-47-42-43(50)48-45(46)49-44(42)53)36-55-41(52)34-32-30-28-26-24-22-20-18-16-14-12-10-8-6-4-2/h11-14,17-20,37,39H,3-10,15-16,21-36,38H2,1-2H3,(H3,46,48,49,53). The molecule has 2 aromatic rings. The minimum atomic E-state index is -0.714. The largest absolute Gasteiger partial charge is 0.463 e. The molecule has 11 nitrogen and oxygen atoms in total. The molecule has 3 N–H and O–H groups in total. The third-order valence-electron chi connectivity index (χ3n) is 9.47. The number of carbonyl (C=O) groups excluding carboxylic acids is 2. The Hall–Kier alpha value is -3.99. The average Bonchev–Trinajstić information content (AvgIpc) is 3.60. The Morgan fingerprint density at radius 1 is 0.679 bits per heavy atom. The molecule has 0 aliphatic heterocycles. The molecule has 0 aliphatic carbocycles. The second kappa shape index (κ2) is 33.2. The highest BCUT2D eigenvalue weighted by Crippen LogP contribution is 2.13. The number of carbonyl (C=O) groups is 2. The molecule has 0 aliphatic rings. The van der Waals surface area contributed by atoms with Gasteiger partial charge in [0.2, 0.25) is 5.95 Å². The van der Waals surface area contributed by atoms with Crippen molar-refractivity contribution in [2.24, 2.45) is 0 Å². The Kier molecular flexibility index (Phi) is 28.5. The van der Waals surface area contributed by atoms with Crippen LogP contribution >= 0.6 is 0 Å². The summed E-state index contributed by atoms with van der Waals surface area (Å²) in [6.45, 7) is 4.26. The summed E-state index contributed by atoms with van der Waals surface area (Å²) in [5, 5.41) is 0. The maximum Gasteiger partial charge on any atom is 0.305 e. The number of esters is 2. The Bertz CT molecular complexity index is 1430. The third kappa shape index (κ3) is 24.5. The number of hydrogen-bond acceptors (Lipinski definition) is 9. The fraction of sp³-hybridized carbons (Fsp3) is 0.667. The molecule has 2 heterocycles. The summed E-state index contributed by atoms with van der Waals surface area (Å²) in [5.74, 6) is -0.658. The lowest BCUT2D eigenvalue weighted by Gasteiger charge is -2.18. The van der Waals surface area contributed by atoms with Crippen LogP contribution in [-0.2, 0) is 30.5 Å². The van der Waals surface area contributed by atoms with E-state index in [1.54, 1.807) is 0 Å². The monoisotopic (exact) mass is 780 g/mol. The second-order valence-corrected chi connectivity index (χ2v) is 14.6. The van der Waals surface area contributed by atoms with E-state index in [0.717, 1.165) is 89.9 Å². The summed E-state index contributed by atoms with van der Waals surface area (Å²) in [4.78, 5) is 48.1. The summed E-state index contributed by atoms with van der Waals surface area (Å²) in [5.41, 5.74) is 5.67. The van der Waals surface area contributed by atoms with Gasteiger partial charge in [0.15, 0.2) is 11.2 Å². The molecule has 0 spiro atoms. The zero-order valence-corrected chi connectivity index (χ0v) is 34.7. The number of unbranched alkanes of at least 4 members (excludes halogenated alkanes) is 16. The van der Waals surface area contributed by atoms with E-state index in [-0.39, 0.29) is 49.0 Å². The first-order valence-corrected chi connectivity index (χ1v) is 21.7. The van der Waals surface area contributed by atoms with Crippen molar-refractivity contribution >= 4 is 29.1 Å². The highest BCUT2D eigenvalue weighted by atomic mass is 16.6. The molecule has 0 radical (unpaired) electrons. The van der Waals surface area contributed by atoms with Gasteiger partial charge in [-0.25, -0.2) is 4.98 Å². The zero-order chi connectivity index (χ0) is 40.3. The number of aromatic nitrogens is 4. The van der Waals surface area contributed by atoms with Gasteiger partial charge in [0, 0.05) is 12.8 Å². The number of nitrogens with one attached hydrogen (secondary N) is 1. The first-order chi connectivity index (χ1) is 27.4. The van der Waals surface area contributed by atoms with Gasteiger partial charge in [-0.1, -0.05) is 127 Å². The smallest absolute Gasteiger partial charge is 0.305 e. The quantitative estimate of drug-likeness (QED) is 0.0395. The summed E-state index contributed by atoms with van der Waals surface area (Å²) in [6, 6.07) is 0. The van der Waals surface area contributed by atoms with Crippen LogP contribution in [0.3, 0.4) is 0 Å².